The number of nitrogens with zero attached hydrogens (tertiary/aromatic N) is 1. The SMILES string of the molecule is Cl.NCCc1nc(C(=O)NCCC(=O)NC2CCCCC2)cs1. The lowest BCUT2D eigenvalue weighted by Crippen LogP contribution is -2.38. The molecule has 0 saturated heterocycles. The first-order valence-electron chi connectivity index (χ1n) is 7.91. The summed E-state index contributed by atoms with van der Waals surface area (Å²) in [6.07, 6.45) is 6.78. The predicted octanol–water partition coefficient (Wildman–Crippen LogP) is 1.63. The van der Waals surface area contributed by atoms with Gasteiger partial charge in [-0.05, 0) is 19.4 Å². The molecular weight excluding hydrogens is 336 g/mol. The second-order valence-electron chi connectivity index (χ2n) is 5.57. The zero-order chi connectivity index (χ0) is 15.8. The maximum absolute atomic E-state index is 11.9. The van der Waals surface area contributed by atoms with Crippen LogP contribution in [0, 0.1) is 0 Å². The van der Waals surface area contributed by atoms with Crippen molar-refractivity contribution in [2.24, 2.45) is 5.73 Å². The Morgan fingerprint density at radius 1 is 1.30 bits per heavy atom. The molecule has 1 fully saturated rings. The van der Waals surface area contributed by atoms with Gasteiger partial charge in [0.15, 0.2) is 0 Å². The minimum atomic E-state index is -0.231. The van der Waals surface area contributed by atoms with E-state index in [0.29, 0.717) is 37.7 Å². The summed E-state index contributed by atoms with van der Waals surface area (Å²) in [5, 5.41) is 8.36. The van der Waals surface area contributed by atoms with Crippen LogP contribution in [-0.4, -0.2) is 35.9 Å². The smallest absolute Gasteiger partial charge is 0.270 e. The second kappa shape index (κ2) is 10.6. The van der Waals surface area contributed by atoms with Crippen molar-refractivity contribution in [2.45, 2.75) is 51.0 Å². The van der Waals surface area contributed by atoms with Gasteiger partial charge in [-0.15, -0.1) is 23.7 Å². The zero-order valence-corrected chi connectivity index (χ0v) is 14.8. The molecule has 1 saturated carbocycles. The Bertz CT molecular complexity index is 503. The minimum Gasteiger partial charge on any atom is -0.353 e. The molecular formula is C15H25ClN4O2S. The molecule has 1 heterocycles. The van der Waals surface area contributed by atoms with E-state index in [1.165, 1.54) is 30.6 Å². The summed E-state index contributed by atoms with van der Waals surface area (Å²) in [7, 11) is 0. The van der Waals surface area contributed by atoms with Crippen molar-refractivity contribution in [2.75, 3.05) is 13.1 Å². The second-order valence-corrected chi connectivity index (χ2v) is 6.52. The lowest BCUT2D eigenvalue weighted by atomic mass is 9.95. The first kappa shape index (κ1) is 19.9. The molecule has 2 rings (SSSR count). The number of thiazole rings is 1. The fourth-order valence-electron chi connectivity index (χ4n) is 2.58. The highest BCUT2D eigenvalue weighted by Crippen LogP contribution is 2.17. The lowest BCUT2D eigenvalue weighted by Gasteiger charge is -2.22. The molecule has 6 nitrogen and oxygen atoms in total. The number of hydrogen-bond donors (Lipinski definition) is 3. The summed E-state index contributed by atoms with van der Waals surface area (Å²) in [5.74, 6) is -0.223. The monoisotopic (exact) mass is 360 g/mol. The third-order valence-corrected chi connectivity index (χ3v) is 4.66. The summed E-state index contributed by atoms with van der Waals surface area (Å²) in [5.41, 5.74) is 5.86. The molecule has 1 aliphatic rings. The summed E-state index contributed by atoms with van der Waals surface area (Å²) in [4.78, 5) is 27.9. The predicted molar refractivity (Wildman–Crippen MR) is 94.1 cm³/mol. The van der Waals surface area contributed by atoms with Crippen molar-refractivity contribution in [1.82, 2.24) is 15.6 Å². The first-order valence-corrected chi connectivity index (χ1v) is 8.79. The number of aromatic nitrogens is 1. The van der Waals surface area contributed by atoms with E-state index < -0.39 is 0 Å². The summed E-state index contributed by atoms with van der Waals surface area (Å²) >= 11 is 1.43. The molecule has 4 N–H and O–H groups in total. The highest BCUT2D eigenvalue weighted by molar-refractivity contribution is 7.09. The normalized spacial score (nSPS) is 14.8. The van der Waals surface area contributed by atoms with Crippen molar-refractivity contribution in [3.05, 3.63) is 16.1 Å². The number of nitrogens with one attached hydrogen (secondary N) is 2. The van der Waals surface area contributed by atoms with Gasteiger partial charge in [0.2, 0.25) is 5.91 Å². The molecule has 1 aliphatic carbocycles. The van der Waals surface area contributed by atoms with Gasteiger partial charge in [-0.2, -0.15) is 0 Å². The van der Waals surface area contributed by atoms with Gasteiger partial charge in [0.1, 0.15) is 5.69 Å². The average Bonchev–Trinajstić information content (AvgIpc) is 2.97. The Morgan fingerprint density at radius 2 is 2.04 bits per heavy atom. The molecule has 1 aromatic heterocycles. The largest absolute Gasteiger partial charge is 0.353 e. The van der Waals surface area contributed by atoms with Gasteiger partial charge < -0.3 is 16.4 Å². The Kier molecular flexibility index (Phi) is 9.13. The van der Waals surface area contributed by atoms with Crippen LogP contribution >= 0.6 is 23.7 Å². The Hall–Kier alpha value is -1.18. The number of amides is 2. The van der Waals surface area contributed by atoms with Crippen molar-refractivity contribution < 1.29 is 9.59 Å². The molecule has 0 unspecified atom stereocenters. The highest BCUT2D eigenvalue weighted by Gasteiger charge is 2.16. The van der Waals surface area contributed by atoms with Gasteiger partial charge >= 0.3 is 0 Å². The van der Waals surface area contributed by atoms with Crippen LogP contribution in [0.4, 0.5) is 0 Å². The van der Waals surface area contributed by atoms with Gasteiger partial charge in [-0.25, -0.2) is 4.98 Å². The van der Waals surface area contributed by atoms with Gasteiger partial charge in [0.05, 0.1) is 5.01 Å². The van der Waals surface area contributed by atoms with Crippen LogP contribution in [0.15, 0.2) is 5.38 Å². The van der Waals surface area contributed by atoms with Gasteiger partial charge in [-0.3, -0.25) is 9.59 Å². The lowest BCUT2D eigenvalue weighted by molar-refractivity contribution is -0.121. The van der Waals surface area contributed by atoms with Crippen LogP contribution in [0.5, 0.6) is 0 Å². The maximum atomic E-state index is 11.9. The van der Waals surface area contributed by atoms with Crippen molar-refractivity contribution in [3.8, 4) is 0 Å². The molecule has 0 atom stereocenters. The standard InChI is InChI=1S/C15H24N4O2S.ClH/c16-8-6-14-19-12(10-22-14)15(21)17-9-7-13(20)18-11-4-2-1-3-5-11;/h10-11H,1-9,16H2,(H,17,21)(H,18,20);1H. The molecule has 0 aromatic carbocycles. The fraction of sp³-hybridized carbons (Fsp3) is 0.667. The average molecular weight is 361 g/mol. The number of rotatable bonds is 7. The van der Waals surface area contributed by atoms with Crippen LogP contribution in [-0.2, 0) is 11.2 Å². The van der Waals surface area contributed by atoms with Crippen molar-refractivity contribution in [3.63, 3.8) is 0 Å². The van der Waals surface area contributed by atoms with Gasteiger partial charge in [0, 0.05) is 30.8 Å². The number of halogens is 1. The highest BCUT2D eigenvalue weighted by atomic mass is 35.5. The van der Waals surface area contributed by atoms with E-state index >= 15 is 0 Å². The summed E-state index contributed by atoms with van der Waals surface area (Å²) in [6.45, 7) is 0.858. The van der Waals surface area contributed by atoms with E-state index in [9.17, 15) is 9.59 Å². The number of hydrogen-bond acceptors (Lipinski definition) is 5. The molecule has 8 heteroatoms. The Morgan fingerprint density at radius 3 is 2.74 bits per heavy atom. The van der Waals surface area contributed by atoms with Crippen LogP contribution in [0.2, 0.25) is 0 Å². The third kappa shape index (κ3) is 6.85. The van der Waals surface area contributed by atoms with Crippen molar-refractivity contribution >= 4 is 35.6 Å². The third-order valence-electron chi connectivity index (χ3n) is 3.75. The Balaban J connectivity index is 0.00000264. The van der Waals surface area contributed by atoms with Gasteiger partial charge in [0.25, 0.3) is 5.91 Å². The molecule has 0 spiro atoms. The van der Waals surface area contributed by atoms with Crippen LogP contribution in [0.3, 0.4) is 0 Å². The quantitative estimate of drug-likeness (QED) is 0.688. The summed E-state index contributed by atoms with van der Waals surface area (Å²) in [6, 6.07) is 0.314. The van der Waals surface area contributed by atoms with Crippen LogP contribution < -0.4 is 16.4 Å². The number of nitrogens with two attached hydrogens (primary N) is 1. The van der Waals surface area contributed by atoms with Crippen LogP contribution in [0.1, 0.15) is 54.0 Å². The molecule has 1 aromatic rings. The molecule has 130 valence electrons. The van der Waals surface area contributed by atoms with E-state index in [2.05, 4.69) is 15.6 Å². The summed E-state index contributed by atoms with van der Waals surface area (Å²) < 4.78 is 0. The molecule has 0 aliphatic heterocycles. The maximum Gasteiger partial charge on any atom is 0.270 e. The number of carbonyl (C=O) groups is 2. The van der Waals surface area contributed by atoms with E-state index in [1.807, 2.05) is 0 Å². The van der Waals surface area contributed by atoms with Gasteiger partial charge in [-0.1, -0.05) is 19.3 Å². The van der Waals surface area contributed by atoms with E-state index in [0.717, 1.165) is 17.8 Å². The van der Waals surface area contributed by atoms with Crippen LogP contribution in [0.25, 0.3) is 0 Å². The first-order chi connectivity index (χ1) is 10.7. The zero-order valence-electron chi connectivity index (χ0n) is 13.2. The van der Waals surface area contributed by atoms with E-state index in [4.69, 9.17) is 5.73 Å². The molecule has 23 heavy (non-hydrogen) atoms. The Labute approximate surface area is 147 Å². The van der Waals surface area contributed by atoms with Crippen molar-refractivity contribution in [1.29, 1.82) is 0 Å². The van der Waals surface area contributed by atoms with E-state index in [1.54, 1.807) is 5.38 Å². The topological polar surface area (TPSA) is 97.1 Å². The molecule has 0 radical (unpaired) electrons. The number of carbonyl (C=O) groups excluding carboxylic acids is 2. The molecule has 0 bridgehead atoms. The fourth-order valence-corrected chi connectivity index (χ4v) is 3.37. The molecule has 2 amide bonds. The minimum absolute atomic E-state index is 0. The van der Waals surface area contributed by atoms with E-state index in [-0.39, 0.29) is 24.2 Å².